The number of amides is 2. The number of rotatable bonds is 12. The highest BCUT2D eigenvalue weighted by atomic mass is 35.5. The topological polar surface area (TPSA) is 96.0 Å². The van der Waals surface area contributed by atoms with Crippen LogP contribution in [-0.4, -0.2) is 51.9 Å². The average Bonchev–Trinajstić information content (AvgIpc) is 3.02. The number of nitrogens with one attached hydrogen (secondary N) is 1. The third-order valence-electron chi connectivity index (χ3n) is 6.75. The zero-order valence-corrected chi connectivity index (χ0v) is 24.9. The van der Waals surface area contributed by atoms with Gasteiger partial charge in [0.2, 0.25) is 11.8 Å². The van der Waals surface area contributed by atoms with Gasteiger partial charge >= 0.3 is 0 Å². The summed E-state index contributed by atoms with van der Waals surface area (Å²) >= 11 is 6.10. The van der Waals surface area contributed by atoms with Crippen molar-refractivity contribution in [1.82, 2.24) is 10.2 Å². The highest BCUT2D eigenvalue weighted by Crippen LogP contribution is 2.27. The fourth-order valence-electron chi connectivity index (χ4n) is 4.51. The summed E-state index contributed by atoms with van der Waals surface area (Å²) in [5.74, 6) is -0.416. The molecule has 0 aliphatic rings. The van der Waals surface area contributed by atoms with Gasteiger partial charge in [-0.3, -0.25) is 13.9 Å². The van der Waals surface area contributed by atoms with Crippen LogP contribution in [0.1, 0.15) is 11.1 Å². The summed E-state index contributed by atoms with van der Waals surface area (Å²) in [6.45, 7) is -0.452. The molecule has 10 heteroatoms. The highest BCUT2D eigenvalue weighted by molar-refractivity contribution is 7.92. The molecule has 0 unspecified atom stereocenters. The summed E-state index contributed by atoms with van der Waals surface area (Å²) in [7, 11) is -1.22. The molecule has 4 aromatic carbocycles. The van der Waals surface area contributed by atoms with E-state index in [-0.39, 0.29) is 29.5 Å². The first kappa shape index (κ1) is 30.6. The predicted octanol–water partition coefficient (Wildman–Crippen LogP) is 4.93. The molecule has 0 aliphatic carbocycles. The Labute approximate surface area is 251 Å². The third-order valence-corrected chi connectivity index (χ3v) is 8.79. The van der Waals surface area contributed by atoms with Crippen LogP contribution in [0.4, 0.5) is 5.69 Å². The van der Waals surface area contributed by atoms with E-state index < -0.39 is 28.5 Å². The standard InChI is InChI=1S/C32H32ClN3O5S/c1-34-32(38)30(21-24-9-5-3-6-10-24)35(22-25-11-7-4-8-12-25)31(37)23-36(27-15-13-26(33)14-16-27)42(39,40)29-19-17-28(41-2)18-20-29/h3-20,30H,21-23H2,1-2H3,(H,34,38)/t30-/m1/s1. The normalized spacial score (nSPS) is 11.8. The van der Waals surface area contributed by atoms with Crippen LogP contribution < -0.4 is 14.4 Å². The second kappa shape index (κ2) is 14.0. The Morgan fingerprint density at radius 2 is 1.40 bits per heavy atom. The van der Waals surface area contributed by atoms with Crippen LogP contribution in [0.25, 0.3) is 0 Å². The maximum atomic E-state index is 14.2. The Balaban J connectivity index is 1.76. The van der Waals surface area contributed by atoms with Crippen molar-refractivity contribution in [2.45, 2.75) is 23.9 Å². The number of carbonyl (C=O) groups is 2. The zero-order valence-electron chi connectivity index (χ0n) is 23.3. The van der Waals surface area contributed by atoms with Crippen LogP contribution in [-0.2, 0) is 32.6 Å². The average molecular weight is 606 g/mol. The van der Waals surface area contributed by atoms with Gasteiger partial charge in [0, 0.05) is 25.0 Å². The first-order chi connectivity index (χ1) is 20.2. The summed E-state index contributed by atoms with van der Waals surface area (Å²) < 4.78 is 34.2. The molecule has 0 saturated carbocycles. The lowest BCUT2D eigenvalue weighted by atomic mass is 10.0. The van der Waals surface area contributed by atoms with Crippen LogP contribution in [0.5, 0.6) is 5.75 Å². The van der Waals surface area contributed by atoms with Gasteiger partial charge in [0.1, 0.15) is 18.3 Å². The minimum Gasteiger partial charge on any atom is -0.497 e. The van der Waals surface area contributed by atoms with Gasteiger partial charge in [-0.25, -0.2) is 8.42 Å². The molecule has 0 radical (unpaired) electrons. The van der Waals surface area contributed by atoms with Crippen LogP contribution in [0.3, 0.4) is 0 Å². The van der Waals surface area contributed by atoms with Crippen LogP contribution in [0.2, 0.25) is 5.02 Å². The number of hydrogen-bond acceptors (Lipinski definition) is 5. The summed E-state index contributed by atoms with van der Waals surface area (Å²) in [4.78, 5) is 28.9. The molecule has 0 spiro atoms. The molecular formula is C32H32ClN3O5S. The van der Waals surface area contributed by atoms with Crippen molar-refractivity contribution in [3.8, 4) is 5.75 Å². The summed E-state index contributed by atoms with van der Waals surface area (Å²) in [5, 5.41) is 3.09. The van der Waals surface area contributed by atoms with Crippen molar-refractivity contribution in [2.24, 2.45) is 0 Å². The molecule has 0 saturated heterocycles. The number of ether oxygens (including phenoxy) is 1. The Hall–Kier alpha value is -4.34. The third kappa shape index (κ3) is 7.48. The predicted molar refractivity (Wildman–Crippen MR) is 164 cm³/mol. The molecule has 218 valence electrons. The quantitative estimate of drug-likeness (QED) is 0.247. The monoisotopic (exact) mass is 605 g/mol. The molecule has 42 heavy (non-hydrogen) atoms. The second-order valence-corrected chi connectivity index (χ2v) is 11.8. The second-order valence-electron chi connectivity index (χ2n) is 9.49. The van der Waals surface area contributed by atoms with Gasteiger partial charge in [-0.15, -0.1) is 0 Å². The van der Waals surface area contributed by atoms with Gasteiger partial charge in [-0.2, -0.15) is 0 Å². The fourth-order valence-corrected chi connectivity index (χ4v) is 6.05. The van der Waals surface area contributed by atoms with Crippen molar-refractivity contribution >= 4 is 39.1 Å². The lowest BCUT2D eigenvalue weighted by molar-refractivity contribution is -0.139. The van der Waals surface area contributed by atoms with E-state index in [9.17, 15) is 18.0 Å². The fraction of sp³-hybridized carbons (Fsp3) is 0.188. The maximum Gasteiger partial charge on any atom is 0.264 e. The first-order valence-corrected chi connectivity index (χ1v) is 15.1. The molecule has 0 aliphatic heterocycles. The van der Waals surface area contributed by atoms with E-state index in [4.69, 9.17) is 16.3 Å². The van der Waals surface area contributed by atoms with Crippen LogP contribution in [0.15, 0.2) is 114 Å². The van der Waals surface area contributed by atoms with Gasteiger partial charge < -0.3 is 15.0 Å². The van der Waals surface area contributed by atoms with Gasteiger partial charge in [0.25, 0.3) is 10.0 Å². The Morgan fingerprint density at radius 3 is 1.95 bits per heavy atom. The van der Waals surface area contributed by atoms with E-state index in [0.29, 0.717) is 10.8 Å². The zero-order chi connectivity index (χ0) is 30.1. The molecule has 0 bridgehead atoms. The van der Waals surface area contributed by atoms with Gasteiger partial charge in [-0.05, 0) is 59.7 Å². The summed E-state index contributed by atoms with van der Waals surface area (Å²) in [6.07, 6.45) is 0.241. The molecule has 2 amide bonds. The summed E-state index contributed by atoms with van der Waals surface area (Å²) in [5.41, 5.74) is 1.91. The van der Waals surface area contributed by atoms with Crippen molar-refractivity contribution < 1.29 is 22.7 Å². The van der Waals surface area contributed by atoms with Crippen LogP contribution >= 0.6 is 11.6 Å². The molecule has 0 heterocycles. The number of methoxy groups -OCH3 is 1. The van der Waals surface area contributed by atoms with Crippen molar-refractivity contribution in [2.75, 3.05) is 25.0 Å². The van der Waals surface area contributed by atoms with Crippen molar-refractivity contribution in [3.63, 3.8) is 0 Å². The first-order valence-electron chi connectivity index (χ1n) is 13.2. The molecule has 4 rings (SSSR count). The largest absolute Gasteiger partial charge is 0.497 e. The number of anilines is 1. The maximum absolute atomic E-state index is 14.2. The lowest BCUT2D eigenvalue weighted by Crippen LogP contribution is -2.53. The minimum atomic E-state index is -4.22. The van der Waals surface area contributed by atoms with E-state index in [1.165, 1.54) is 43.3 Å². The summed E-state index contributed by atoms with van der Waals surface area (Å²) in [6, 6.07) is 29.9. The SMILES string of the molecule is CNC(=O)[C@@H](Cc1ccccc1)N(Cc1ccccc1)C(=O)CN(c1ccc(Cl)cc1)S(=O)(=O)c1ccc(OC)cc1. The molecule has 1 atom stereocenters. The van der Waals surface area contributed by atoms with E-state index in [1.807, 2.05) is 60.7 Å². The lowest BCUT2D eigenvalue weighted by Gasteiger charge is -2.33. The van der Waals surface area contributed by atoms with Crippen molar-refractivity contribution in [1.29, 1.82) is 0 Å². The Kier molecular flexibility index (Phi) is 10.2. The van der Waals surface area contributed by atoms with Crippen molar-refractivity contribution in [3.05, 3.63) is 125 Å². The number of likely N-dealkylation sites (N-methyl/N-ethyl adjacent to an activating group) is 1. The number of carbonyl (C=O) groups excluding carboxylic acids is 2. The van der Waals surface area contributed by atoms with E-state index in [2.05, 4.69) is 5.32 Å². The molecule has 4 aromatic rings. The van der Waals surface area contributed by atoms with Gasteiger partial charge in [-0.1, -0.05) is 72.3 Å². The molecular weight excluding hydrogens is 574 g/mol. The molecule has 8 nitrogen and oxygen atoms in total. The van der Waals surface area contributed by atoms with Gasteiger partial charge in [0.15, 0.2) is 0 Å². The highest BCUT2D eigenvalue weighted by Gasteiger charge is 2.34. The van der Waals surface area contributed by atoms with Crippen LogP contribution in [0, 0.1) is 0 Å². The van der Waals surface area contributed by atoms with E-state index in [1.54, 1.807) is 24.3 Å². The smallest absolute Gasteiger partial charge is 0.264 e. The minimum absolute atomic E-state index is 0.0206. The van der Waals surface area contributed by atoms with E-state index in [0.717, 1.165) is 15.4 Å². The number of halogens is 1. The number of nitrogens with zero attached hydrogens (tertiary/aromatic N) is 2. The number of sulfonamides is 1. The molecule has 0 fully saturated rings. The Morgan fingerprint density at radius 1 is 0.833 bits per heavy atom. The number of hydrogen-bond donors (Lipinski definition) is 1. The van der Waals surface area contributed by atoms with Gasteiger partial charge in [0.05, 0.1) is 17.7 Å². The molecule has 1 N–H and O–H groups in total. The molecule has 0 aromatic heterocycles. The number of benzene rings is 4. The Bertz CT molecular complexity index is 1580. The van der Waals surface area contributed by atoms with E-state index >= 15 is 0 Å².